The molecule has 4 heteroatoms. The fourth-order valence-corrected chi connectivity index (χ4v) is 1.84. The Balaban J connectivity index is 2.10. The molecular formula is C9H12IN3. The van der Waals surface area contributed by atoms with Crippen LogP contribution in [0.1, 0.15) is 19.3 Å². The van der Waals surface area contributed by atoms with Gasteiger partial charge in [0.05, 0.1) is 0 Å². The Kier molecular flexibility index (Phi) is 2.97. The van der Waals surface area contributed by atoms with E-state index >= 15 is 0 Å². The Morgan fingerprint density at radius 3 is 2.31 bits per heavy atom. The maximum Gasteiger partial charge on any atom is 0.225 e. The summed E-state index contributed by atoms with van der Waals surface area (Å²) in [5.74, 6) is 0.889. The van der Waals surface area contributed by atoms with Crippen LogP contribution in [0.2, 0.25) is 0 Å². The van der Waals surface area contributed by atoms with E-state index in [9.17, 15) is 0 Å². The van der Waals surface area contributed by atoms with Gasteiger partial charge in [-0.25, -0.2) is 9.97 Å². The molecule has 1 aromatic rings. The summed E-state index contributed by atoms with van der Waals surface area (Å²) in [5, 5.41) is 0. The van der Waals surface area contributed by atoms with Crippen molar-refractivity contribution >= 4 is 28.5 Å². The van der Waals surface area contributed by atoms with Crippen LogP contribution in [0.5, 0.6) is 0 Å². The van der Waals surface area contributed by atoms with Crippen LogP contribution in [0.25, 0.3) is 0 Å². The maximum atomic E-state index is 4.31. The van der Waals surface area contributed by atoms with Crippen molar-refractivity contribution in [3.05, 3.63) is 16.0 Å². The predicted molar refractivity (Wildman–Crippen MR) is 60.8 cm³/mol. The van der Waals surface area contributed by atoms with Crippen LogP contribution in [0, 0.1) is 3.57 Å². The fourth-order valence-electron chi connectivity index (χ4n) is 1.56. The van der Waals surface area contributed by atoms with Crippen LogP contribution in [0.15, 0.2) is 12.4 Å². The molecule has 0 atom stereocenters. The van der Waals surface area contributed by atoms with Crippen molar-refractivity contribution in [1.29, 1.82) is 0 Å². The Morgan fingerprint density at radius 1 is 1.08 bits per heavy atom. The second-order valence-electron chi connectivity index (χ2n) is 3.25. The molecule has 0 unspecified atom stereocenters. The van der Waals surface area contributed by atoms with Gasteiger partial charge in [-0.2, -0.15) is 0 Å². The van der Waals surface area contributed by atoms with Crippen LogP contribution >= 0.6 is 22.6 Å². The number of hydrogen-bond donors (Lipinski definition) is 0. The molecule has 0 amide bonds. The van der Waals surface area contributed by atoms with Crippen molar-refractivity contribution in [2.45, 2.75) is 19.3 Å². The van der Waals surface area contributed by atoms with Gasteiger partial charge in [-0.3, -0.25) is 0 Å². The zero-order valence-corrected chi connectivity index (χ0v) is 9.57. The van der Waals surface area contributed by atoms with Crippen molar-refractivity contribution in [3.63, 3.8) is 0 Å². The lowest BCUT2D eigenvalue weighted by Gasteiger charge is -2.26. The number of anilines is 1. The number of rotatable bonds is 1. The Labute approximate surface area is 91.7 Å². The van der Waals surface area contributed by atoms with Crippen LogP contribution in [-0.2, 0) is 0 Å². The molecule has 1 aliphatic rings. The van der Waals surface area contributed by atoms with Crippen molar-refractivity contribution in [1.82, 2.24) is 9.97 Å². The van der Waals surface area contributed by atoms with E-state index in [-0.39, 0.29) is 0 Å². The lowest BCUT2D eigenvalue weighted by atomic mass is 10.1. The van der Waals surface area contributed by atoms with Gasteiger partial charge in [0.2, 0.25) is 5.95 Å². The summed E-state index contributed by atoms with van der Waals surface area (Å²) >= 11 is 2.22. The van der Waals surface area contributed by atoms with E-state index in [1.54, 1.807) is 0 Å². The molecule has 3 nitrogen and oxygen atoms in total. The first-order valence-corrected chi connectivity index (χ1v) is 5.66. The third-order valence-electron chi connectivity index (χ3n) is 2.25. The summed E-state index contributed by atoms with van der Waals surface area (Å²) in [6.07, 6.45) is 7.64. The molecule has 1 saturated heterocycles. The van der Waals surface area contributed by atoms with Crippen LogP contribution in [-0.4, -0.2) is 23.1 Å². The van der Waals surface area contributed by atoms with E-state index < -0.39 is 0 Å². The summed E-state index contributed by atoms with van der Waals surface area (Å²) < 4.78 is 1.10. The molecule has 70 valence electrons. The van der Waals surface area contributed by atoms with Gasteiger partial charge in [-0.05, 0) is 41.9 Å². The molecule has 0 spiro atoms. The summed E-state index contributed by atoms with van der Waals surface area (Å²) in [7, 11) is 0. The quantitative estimate of drug-likeness (QED) is 0.741. The number of aromatic nitrogens is 2. The van der Waals surface area contributed by atoms with Crippen molar-refractivity contribution in [2.75, 3.05) is 18.0 Å². The molecule has 13 heavy (non-hydrogen) atoms. The highest BCUT2D eigenvalue weighted by molar-refractivity contribution is 14.1. The minimum absolute atomic E-state index is 0.889. The third-order valence-corrected chi connectivity index (χ3v) is 2.80. The predicted octanol–water partition coefficient (Wildman–Crippen LogP) is 2.07. The topological polar surface area (TPSA) is 29.0 Å². The fraction of sp³-hybridized carbons (Fsp3) is 0.556. The van der Waals surface area contributed by atoms with E-state index in [4.69, 9.17) is 0 Å². The van der Waals surface area contributed by atoms with E-state index in [0.29, 0.717) is 0 Å². The van der Waals surface area contributed by atoms with E-state index in [1.807, 2.05) is 12.4 Å². The van der Waals surface area contributed by atoms with Crippen molar-refractivity contribution in [3.8, 4) is 0 Å². The first-order valence-electron chi connectivity index (χ1n) is 4.59. The van der Waals surface area contributed by atoms with Crippen molar-refractivity contribution in [2.24, 2.45) is 0 Å². The molecule has 0 radical (unpaired) electrons. The minimum atomic E-state index is 0.889. The van der Waals surface area contributed by atoms with Crippen molar-refractivity contribution < 1.29 is 0 Å². The van der Waals surface area contributed by atoms with Crippen LogP contribution in [0.3, 0.4) is 0 Å². The molecular weight excluding hydrogens is 277 g/mol. The largest absolute Gasteiger partial charge is 0.341 e. The van der Waals surface area contributed by atoms with Crippen LogP contribution in [0.4, 0.5) is 5.95 Å². The number of halogens is 1. The monoisotopic (exact) mass is 289 g/mol. The van der Waals surface area contributed by atoms with E-state index in [0.717, 1.165) is 22.6 Å². The summed E-state index contributed by atoms with van der Waals surface area (Å²) in [4.78, 5) is 10.9. The zero-order valence-electron chi connectivity index (χ0n) is 7.41. The average Bonchev–Trinajstić information content (AvgIpc) is 2.20. The standard InChI is InChI=1S/C9H12IN3/c10-8-6-11-9(12-7-8)13-4-2-1-3-5-13/h6-7H,1-5H2. The van der Waals surface area contributed by atoms with Gasteiger partial charge < -0.3 is 4.90 Å². The van der Waals surface area contributed by atoms with Gasteiger partial charge in [0.1, 0.15) is 0 Å². The SMILES string of the molecule is Ic1cnc(N2CCCCC2)nc1. The average molecular weight is 289 g/mol. The molecule has 2 heterocycles. The molecule has 1 fully saturated rings. The van der Waals surface area contributed by atoms with Gasteiger partial charge >= 0.3 is 0 Å². The van der Waals surface area contributed by atoms with Gasteiger partial charge in [0, 0.05) is 29.1 Å². The Morgan fingerprint density at radius 2 is 1.69 bits per heavy atom. The van der Waals surface area contributed by atoms with Gasteiger partial charge in [-0.15, -0.1) is 0 Å². The molecule has 0 bridgehead atoms. The summed E-state index contributed by atoms with van der Waals surface area (Å²) in [6.45, 7) is 2.22. The number of hydrogen-bond acceptors (Lipinski definition) is 3. The zero-order chi connectivity index (χ0) is 9.10. The van der Waals surface area contributed by atoms with Gasteiger partial charge in [-0.1, -0.05) is 0 Å². The lowest BCUT2D eigenvalue weighted by Crippen LogP contribution is -2.30. The second-order valence-corrected chi connectivity index (χ2v) is 4.49. The smallest absolute Gasteiger partial charge is 0.225 e. The molecule has 0 saturated carbocycles. The van der Waals surface area contributed by atoms with E-state index in [2.05, 4.69) is 37.5 Å². The van der Waals surface area contributed by atoms with E-state index in [1.165, 1.54) is 19.3 Å². The summed E-state index contributed by atoms with van der Waals surface area (Å²) in [6, 6.07) is 0. The highest BCUT2D eigenvalue weighted by Crippen LogP contribution is 2.15. The molecule has 1 aliphatic heterocycles. The maximum absolute atomic E-state index is 4.31. The number of piperidine rings is 1. The molecule has 0 aromatic carbocycles. The minimum Gasteiger partial charge on any atom is -0.341 e. The number of nitrogens with zero attached hydrogens (tertiary/aromatic N) is 3. The van der Waals surface area contributed by atoms with Crippen LogP contribution < -0.4 is 4.90 Å². The molecule has 0 aliphatic carbocycles. The third kappa shape index (κ3) is 2.30. The molecule has 1 aromatic heterocycles. The lowest BCUT2D eigenvalue weighted by molar-refractivity contribution is 0.568. The molecule has 2 rings (SSSR count). The molecule has 0 N–H and O–H groups in total. The first-order chi connectivity index (χ1) is 6.36. The highest BCUT2D eigenvalue weighted by atomic mass is 127. The Bertz CT molecular complexity index is 267. The van der Waals surface area contributed by atoms with Gasteiger partial charge in [0.15, 0.2) is 0 Å². The summed E-state index contributed by atoms with van der Waals surface area (Å²) in [5.41, 5.74) is 0. The highest BCUT2D eigenvalue weighted by Gasteiger charge is 2.12. The Hall–Kier alpha value is -0.390. The van der Waals surface area contributed by atoms with Gasteiger partial charge in [0.25, 0.3) is 0 Å². The first kappa shape index (κ1) is 9.18. The normalized spacial score (nSPS) is 17.5. The second kappa shape index (κ2) is 4.21.